The molecule has 2 aromatic rings. The van der Waals surface area contributed by atoms with E-state index in [4.69, 9.17) is 0 Å². The lowest BCUT2D eigenvalue weighted by atomic mass is 10.2. The Labute approximate surface area is 122 Å². The molecule has 0 aliphatic carbocycles. The van der Waals surface area contributed by atoms with Crippen LogP contribution in [0.1, 0.15) is 34.8 Å². The summed E-state index contributed by atoms with van der Waals surface area (Å²) in [5.41, 5.74) is 0.958. The van der Waals surface area contributed by atoms with E-state index in [9.17, 15) is 9.59 Å². The lowest BCUT2D eigenvalue weighted by Crippen LogP contribution is -2.31. The van der Waals surface area contributed by atoms with Gasteiger partial charge in [0.05, 0.1) is 11.9 Å². The maximum atomic E-state index is 12.1. The molecule has 0 bridgehead atoms. The zero-order valence-electron chi connectivity index (χ0n) is 11.8. The summed E-state index contributed by atoms with van der Waals surface area (Å²) in [6, 6.07) is 8.19. The van der Waals surface area contributed by atoms with Crippen LogP contribution in [-0.4, -0.2) is 27.8 Å². The van der Waals surface area contributed by atoms with Crippen LogP contribution in [0.25, 0.3) is 0 Å². The van der Waals surface area contributed by atoms with Crippen LogP contribution in [0.5, 0.6) is 0 Å². The molecular weight excluding hydrogens is 268 g/mol. The molecule has 2 heterocycles. The second-order valence-electron chi connectivity index (χ2n) is 4.73. The number of pyridine rings is 2. The highest BCUT2D eigenvalue weighted by Crippen LogP contribution is 2.07. The average molecular weight is 284 g/mol. The second-order valence-corrected chi connectivity index (χ2v) is 4.73. The van der Waals surface area contributed by atoms with Crippen molar-refractivity contribution in [3.8, 4) is 0 Å². The first kappa shape index (κ1) is 14.6. The first-order valence-electron chi connectivity index (χ1n) is 6.55. The van der Waals surface area contributed by atoms with Crippen molar-refractivity contribution in [2.24, 2.45) is 0 Å². The highest BCUT2D eigenvalue weighted by Gasteiger charge is 2.13. The molecule has 2 aromatic heterocycles. The molecule has 2 N–H and O–H groups in total. The smallest absolute Gasteiger partial charge is 0.274 e. The van der Waals surface area contributed by atoms with Gasteiger partial charge in [0.15, 0.2) is 0 Å². The van der Waals surface area contributed by atoms with Gasteiger partial charge in [-0.25, -0.2) is 4.98 Å². The maximum Gasteiger partial charge on any atom is 0.274 e. The van der Waals surface area contributed by atoms with Gasteiger partial charge in [-0.1, -0.05) is 6.07 Å². The summed E-state index contributed by atoms with van der Waals surface area (Å²) in [5.74, 6) is -0.691. The lowest BCUT2D eigenvalue weighted by molar-refractivity contribution is 0.0938. The van der Waals surface area contributed by atoms with E-state index in [0.29, 0.717) is 5.69 Å². The topological polar surface area (TPSA) is 84.0 Å². The molecule has 108 valence electrons. The van der Waals surface area contributed by atoms with Crippen molar-refractivity contribution in [2.75, 3.05) is 5.32 Å². The number of aromatic nitrogens is 2. The molecule has 0 saturated heterocycles. The van der Waals surface area contributed by atoms with Crippen LogP contribution < -0.4 is 10.6 Å². The van der Waals surface area contributed by atoms with Gasteiger partial charge in [0.2, 0.25) is 0 Å². The molecule has 0 atom stereocenters. The molecule has 0 aliphatic heterocycles. The van der Waals surface area contributed by atoms with Crippen LogP contribution in [0.15, 0.2) is 42.7 Å². The quantitative estimate of drug-likeness (QED) is 0.897. The van der Waals surface area contributed by atoms with Gasteiger partial charge in [-0.2, -0.15) is 0 Å². The fourth-order valence-electron chi connectivity index (χ4n) is 1.66. The van der Waals surface area contributed by atoms with Crippen LogP contribution in [0, 0.1) is 0 Å². The molecule has 0 unspecified atom stereocenters. The third-order valence-corrected chi connectivity index (χ3v) is 2.55. The number of carbonyl (C=O) groups excluding carboxylic acids is 2. The Bertz CT molecular complexity index is 641. The van der Waals surface area contributed by atoms with E-state index >= 15 is 0 Å². The standard InChI is InChI=1S/C15H16N4O2/c1-10(2)17-14(20)12-6-3-7-13(19-12)15(21)18-11-5-4-8-16-9-11/h3-10H,1-2H3,(H,17,20)(H,18,21). The lowest BCUT2D eigenvalue weighted by Gasteiger charge is -2.09. The number of hydrogen-bond acceptors (Lipinski definition) is 4. The van der Waals surface area contributed by atoms with Crippen molar-refractivity contribution in [3.05, 3.63) is 54.1 Å². The summed E-state index contributed by atoms with van der Waals surface area (Å²) in [5, 5.41) is 5.40. The first-order chi connectivity index (χ1) is 10.1. The summed E-state index contributed by atoms with van der Waals surface area (Å²) in [6.07, 6.45) is 3.15. The molecule has 6 nitrogen and oxygen atoms in total. The van der Waals surface area contributed by atoms with E-state index < -0.39 is 0 Å². The van der Waals surface area contributed by atoms with Gasteiger partial charge in [-0.05, 0) is 38.1 Å². The van der Waals surface area contributed by atoms with Crippen molar-refractivity contribution < 1.29 is 9.59 Å². The highest BCUT2D eigenvalue weighted by molar-refractivity contribution is 6.03. The van der Waals surface area contributed by atoms with Gasteiger partial charge in [0.25, 0.3) is 11.8 Å². The molecule has 0 aromatic carbocycles. The SMILES string of the molecule is CC(C)NC(=O)c1cccc(C(=O)Nc2cccnc2)n1. The fourth-order valence-corrected chi connectivity index (χ4v) is 1.66. The summed E-state index contributed by atoms with van der Waals surface area (Å²) < 4.78 is 0. The van der Waals surface area contributed by atoms with Crippen LogP contribution in [0.2, 0.25) is 0 Å². The Morgan fingerprint density at radius 2 is 1.76 bits per heavy atom. The third-order valence-electron chi connectivity index (χ3n) is 2.55. The molecule has 0 fully saturated rings. The minimum absolute atomic E-state index is 0.00664. The Hall–Kier alpha value is -2.76. The number of amides is 2. The van der Waals surface area contributed by atoms with Crippen molar-refractivity contribution in [2.45, 2.75) is 19.9 Å². The Morgan fingerprint density at radius 3 is 2.38 bits per heavy atom. The summed E-state index contributed by atoms with van der Waals surface area (Å²) >= 11 is 0. The normalized spacial score (nSPS) is 10.2. The third kappa shape index (κ3) is 4.10. The van der Waals surface area contributed by atoms with Gasteiger partial charge in [-0.3, -0.25) is 14.6 Å². The van der Waals surface area contributed by atoms with Crippen LogP contribution in [-0.2, 0) is 0 Å². The monoisotopic (exact) mass is 284 g/mol. The maximum absolute atomic E-state index is 12.1. The van der Waals surface area contributed by atoms with Gasteiger partial charge in [0.1, 0.15) is 11.4 Å². The number of anilines is 1. The van der Waals surface area contributed by atoms with E-state index in [1.54, 1.807) is 36.5 Å². The fraction of sp³-hybridized carbons (Fsp3) is 0.200. The second kappa shape index (κ2) is 6.60. The Kier molecular flexibility index (Phi) is 4.61. The summed E-state index contributed by atoms with van der Waals surface area (Å²) in [7, 11) is 0. The van der Waals surface area contributed by atoms with Crippen molar-refractivity contribution in [1.29, 1.82) is 0 Å². The van der Waals surface area contributed by atoms with Crippen molar-refractivity contribution >= 4 is 17.5 Å². The first-order valence-corrected chi connectivity index (χ1v) is 6.55. The van der Waals surface area contributed by atoms with Gasteiger partial charge < -0.3 is 10.6 Å². The molecule has 2 amide bonds. The van der Waals surface area contributed by atoms with Gasteiger partial charge in [-0.15, -0.1) is 0 Å². The van der Waals surface area contributed by atoms with E-state index in [0.717, 1.165) is 0 Å². The molecule has 0 saturated carbocycles. The molecule has 0 spiro atoms. The molecule has 0 radical (unpaired) electrons. The van der Waals surface area contributed by atoms with Crippen molar-refractivity contribution in [3.63, 3.8) is 0 Å². The number of carbonyl (C=O) groups is 2. The van der Waals surface area contributed by atoms with E-state index in [1.165, 1.54) is 6.20 Å². The van der Waals surface area contributed by atoms with E-state index in [-0.39, 0.29) is 29.2 Å². The highest BCUT2D eigenvalue weighted by atomic mass is 16.2. The molecule has 6 heteroatoms. The zero-order valence-corrected chi connectivity index (χ0v) is 11.8. The van der Waals surface area contributed by atoms with Crippen LogP contribution in [0.4, 0.5) is 5.69 Å². The molecule has 0 aliphatic rings. The van der Waals surface area contributed by atoms with Gasteiger partial charge >= 0.3 is 0 Å². The number of rotatable bonds is 4. The largest absolute Gasteiger partial charge is 0.349 e. The Morgan fingerprint density at radius 1 is 1.05 bits per heavy atom. The molecule has 21 heavy (non-hydrogen) atoms. The predicted molar refractivity (Wildman–Crippen MR) is 79.0 cm³/mol. The molecular formula is C15H16N4O2. The van der Waals surface area contributed by atoms with E-state index in [2.05, 4.69) is 20.6 Å². The van der Waals surface area contributed by atoms with Crippen molar-refractivity contribution in [1.82, 2.24) is 15.3 Å². The van der Waals surface area contributed by atoms with E-state index in [1.807, 2.05) is 13.8 Å². The van der Waals surface area contributed by atoms with Gasteiger partial charge in [0, 0.05) is 12.2 Å². The minimum Gasteiger partial charge on any atom is -0.349 e. The Balaban J connectivity index is 2.13. The minimum atomic E-state index is -0.387. The number of nitrogens with zero attached hydrogens (tertiary/aromatic N) is 2. The average Bonchev–Trinajstić information content (AvgIpc) is 2.47. The number of nitrogens with one attached hydrogen (secondary N) is 2. The summed E-state index contributed by atoms with van der Waals surface area (Å²) in [4.78, 5) is 31.9. The van der Waals surface area contributed by atoms with Crippen LogP contribution >= 0.6 is 0 Å². The molecule has 2 rings (SSSR count). The van der Waals surface area contributed by atoms with Crippen LogP contribution in [0.3, 0.4) is 0 Å². The zero-order chi connectivity index (χ0) is 15.2. The summed E-state index contributed by atoms with van der Waals surface area (Å²) in [6.45, 7) is 3.72. The number of hydrogen-bond donors (Lipinski definition) is 2. The predicted octanol–water partition coefficient (Wildman–Crippen LogP) is 1.87.